The lowest BCUT2D eigenvalue weighted by molar-refractivity contribution is -0.137. The van der Waals surface area contributed by atoms with Gasteiger partial charge < -0.3 is 10.3 Å². The van der Waals surface area contributed by atoms with Gasteiger partial charge in [0.05, 0.1) is 16.8 Å². The molecule has 0 aliphatic rings. The highest BCUT2D eigenvalue weighted by molar-refractivity contribution is 5.76. The third-order valence-electron chi connectivity index (χ3n) is 3.60. The first-order chi connectivity index (χ1) is 9.88. The number of nitrogens with two attached hydrogens (primary N) is 1. The van der Waals surface area contributed by atoms with Crippen LogP contribution < -0.4 is 5.73 Å². The maximum atomic E-state index is 12.8. The third kappa shape index (κ3) is 3.04. The van der Waals surface area contributed by atoms with Gasteiger partial charge in [-0.05, 0) is 30.5 Å². The van der Waals surface area contributed by atoms with Crippen molar-refractivity contribution in [3.05, 3.63) is 35.5 Å². The van der Waals surface area contributed by atoms with Crippen molar-refractivity contribution in [2.24, 2.45) is 0 Å². The Morgan fingerprint density at radius 3 is 2.48 bits per heavy atom. The summed E-state index contributed by atoms with van der Waals surface area (Å²) >= 11 is 0. The van der Waals surface area contributed by atoms with Crippen LogP contribution in [0.15, 0.2) is 28.8 Å². The van der Waals surface area contributed by atoms with Crippen LogP contribution in [0.1, 0.15) is 43.9 Å². The molecule has 1 heterocycles. The van der Waals surface area contributed by atoms with Crippen LogP contribution >= 0.6 is 0 Å². The molecule has 114 valence electrons. The summed E-state index contributed by atoms with van der Waals surface area (Å²) in [4.78, 5) is 0. The summed E-state index contributed by atoms with van der Waals surface area (Å²) in [7, 11) is 0. The zero-order valence-electron chi connectivity index (χ0n) is 11.9. The van der Waals surface area contributed by atoms with Crippen LogP contribution in [0.25, 0.3) is 11.1 Å². The van der Waals surface area contributed by atoms with Crippen LogP contribution in [0.2, 0.25) is 0 Å². The molecule has 3 nitrogen and oxygen atoms in total. The molecule has 0 atom stereocenters. The van der Waals surface area contributed by atoms with Gasteiger partial charge in [-0.2, -0.15) is 13.2 Å². The Hall–Kier alpha value is -1.98. The molecule has 0 spiro atoms. The standard InChI is InChI=1S/C15H17F3N2O/c1-3-9(4-2)13-12(14(19)21-20-13)10-6-5-7-11(8-10)15(16,17)18/h5-9H,3-4,19H2,1-2H3. The first-order valence-corrected chi connectivity index (χ1v) is 6.81. The summed E-state index contributed by atoms with van der Waals surface area (Å²) < 4.78 is 43.5. The lowest BCUT2D eigenvalue weighted by Crippen LogP contribution is -2.05. The summed E-state index contributed by atoms with van der Waals surface area (Å²) in [6.07, 6.45) is -2.76. The fourth-order valence-corrected chi connectivity index (χ4v) is 2.41. The number of aromatic nitrogens is 1. The minimum absolute atomic E-state index is 0.0521. The van der Waals surface area contributed by atoms with E-state index in [1.165, 1.54) is 6.07 Å². The first-order valence-electron chi connectivity index (χ1n) is 6.81. The smallest absolute Gasteiger partial charge is 0.367 e. The minimum Gasteiger partial charge on any atom is -0.367 e. The molecular weight excluding hydrogens is 281 g/mol. The van der Waals surface area contributed by atoms with E-state index in [9.17, 15) is 13.2 Å². The van der Waals surface area contributed by atoms with Gasteiger partial charge in [-0.15, -0.1) is 0 Å². The molecule has 21 heavy (non-hydrogen) atoms. The van der Waals surface area contributed by atoms with E-state index < -0.39 is 11.7 Å². The maximum Gasteiger partial charge on any atom is 0.416 e. The van der Waals surface area contributed by atoms with Crippen LogP contribution in [0.4, 0.5) is 19.1 Å². The van der Waals surface area contributed by atoms with E-state index in [0.717, 1.165) is 25.0 Å². The summed E-state index contributed by atoms with van der Waals surface area (Å²) in [5, 5.41) is 3.94. The molecule has 0 radical (unpaired) electrons. The molecule has 2 rings (SSSR count). The summed E-state index contributed by atoms with van der Waals surface area (Å²) in [5.41, 5.74) is 6.53. The topological polar surface area (TPSA) is 52.0 Å². The van der Waals surface area contributed by atoms with Crippen molar-refractivity contribution in [3.8, 4) is 11.1 Å². The molecule has 0 saturated heterocycles. The van der Waals surface area contributed by atoms with Crippen molar-refractivity contribution in [1.29, 1.82) is 0 Å². The number of halogens is 3. The van der Waals surface area contributed by atoms with Crippen molar-refractivity contribution in [2.45, 2.75) is 38.8 Å². The monoisotopic (exact) mass is 298 g/mol. The predicted molar refractivity (Wildman–Crippen MR) is 74.7 cm³/mol. The van der Waals surface area contributed by atoms with E-state index in [1.54, 1.807) is 6.07 Å². The molecule has 0 amide bonds. The van der Waals surface area contributed by atoms with Gasteiger partial charge in [-0.3, -0.25) is 0 Å². The Labute approximate surface area is 120 Å². The molecule has 0 aliphatic heterocycles. The van der Waals surface area contributed by atoms with E-state index in [4.69, 9.17) is 10.3 Å². The Morgan fingerprint density at radius 2 is 1.90 bits per heavy atom. The number of nitrogens with zero attached hydrogens (tertiary/aromatic N) is 1. The number of anilines is 1. The summed E-state index contributed by atoms with van der Waals surface area (Å²) in [6, 6.07) is 5.06. The second-order valence-corrected chi connectivity index (χ2v) is 4.90. The molecule has 2 aromatic rings. The second kappa shape index (κ2) is 5.79. The van der Waals surface area contributed by atoms with Gasteiger partial charge in [0.2, 0.25) is 5.88 Å². The van der Waals surface area contributed by atoms with Crippen LogP contribution in [0, 0.1) is 0 Å². The SMILES string of the molecule is CCC(CC)c1noc(N)c1-c1cccc(C(F)(F)F)c1. The van der Waals surface area contributed by atoms with Gasteiger partial charge in [-0.25, -0.2) is 0 Å². The van der Waals surface area contributed by atoms with Crippen molar-refractivity contribution in [1.82, 2.24) is 5.16 Å². The lowest BCUT2D eigenvalue weighted by Gasteiger charge is -2.12. The van der Waals surface area contributed by atoms with Gasteiger partial charge in [0.25, 0.3) is 0 Å². The minimum atomic E-state index is -4.39. The van der Waals surface area contributed by atoms with Crippen molar-refractivity contribution >= 4 is 5.88 Å². The zero-order valence-corrected chi connectivity index (χ0v) is 11.9. The number of alkyl halides is 3. The molecule has 0 fully saturated rings. The Kier molecular flexibility index (Phi) is 4.25. The van der Waals surface area contributed by atoms with Crippen LogP contribution in [-0.2, 0) is 6.18 Å². The fourth-order valence-electron chi connectivity index (χ4n) is 2.41. The van der Waals surface area contributed by atoms with Gasteiger partial charge in [0.1, 0.15) is 0 Å². The normalized spacial score (nSPS) is 12.1. The highest BCUT2D eigenvalue weighted by Crippen LogP contribution is 2.38. The maximum absolute atomic E-state index is 12.8. The molecule has 0 aliphatic carbocycles. The fraction of sp³-hybridized carbons (Fsp3) is 0.400. The van der Waals surface area contributed by atoms with Crippen LogP contribution in [0.5, 0.6) is 0 Å². The van der Waals surface area contributed by atoms with Gasteiger partial charge in [0, 0.05) is 5.92 Å². The third-order valence-corrected chi connectivity index (χ3v) is 3.60. The zero-order chi connectivity index (χ0) is 15.6. The van der Waals surface area contributed by atoms with Gasteiger partial charge >= 0.3 is 6.18 Å². The predicted octanol–water partition coefficient (Wildman–Crippen LogP) is 4.85. The largest absolute Gasteiger partial charge is 0.416 e. The Morgan fingerprint density at radius 1 is 1.24 bits per heavy atom. The molecular formula is C15H17F3N2O. The van der Waals surface area contributed by atoms with Gasteiger partial charge in [-0.1, -0.05) is 31.1 Å². The molecule has 1 aromatic carbocycles. The van der Waals surface area contributed by atoms with Gasteiger partial charge in [0.15, 0.2) is 0 Å². The van der Waals surface area contributed by atoms with E-state index in [1.807, 2.05) is 13.8 Å². The number of hydrogen-bond donors (Lipinski definition) is 1. The molecule has 0 bridgehead atoms. The van der Waals surface area contributed by atoms with E-state index in [-0.39, 0.29) is 11.8 Å². The second-order valence-electron chi connectivity index (χ2n) is 4.90. The molecule has 6 heteroatoms. The Balaban J connectivity index is 2.54. The molecule has 0 saturated carbocycles. The number of nitrogen functional groups attached to an aromatic ring is 1. The van der Waals surface area contributed by atoms with Crippen molar-refractivity contribution in [2.75, 3.05) is 5.73 Å². The average Bonchev–Trinajstić information content (AvgIpc) is 2.81. The number of rotatable bonds is 4. The number of hydrogen-bond acceptors (Lipinski definition) is 3. The molecule has 2 N–H and O–H groups in total. The highest BCUT2D eigenvalue weighted by Gasteiger charge is 2.31. The van der Waals surface area contributed by atoms with Crippen molar-refractivity contribution in [3.63, 3.8) is 0 Å². The number of benzene rings is 1. The summed E-state index contributed by atoms with van der Waals surface area (Å²) in [5.74, 6) is 0.159. The Bertz CT molecular complexity index is 616. The highest BCUT2D eigenvalue weighted by atomic mass is 19.4. The molecule has 0 unspecified atom stereocenters. The quantitative estimate of drug-likeness (QED) is 0.878. The molecule has 1 aromatic heterocycles. The first kappa shape index (κ1) is 15.4. The average molecular weight is 298 g/mol. The van der Waals surface area contributed by atoms with E-state index in [2.05, 4.69) is 5.16 Å². The van der Waals surface area contributed by atoms with Crippen LogP contribution in [-0.4, -0.2) is 5.16 Å². The summed E-state index contributed by atoms with van der Waals surface area (Å²) in [6.45, 7) is 3.99. The van der Waals surface area contributed by atoms with E-state index in [0.29, 0.717) is 16.8 Å². The van der Waals surface area contributed by atoms with E-state index >= 15 is 0 Å². The van der Waals surface area contributed by atoms with Crippen LogP contribution in [0.3, 0.4) is 0 Å². The lowest BCUT2D eigenvalue weighted by atomic mass is 9.92. The van der Waals surface area contributed by atoms with Crippen molar-refractivity contribution < 1.29 is 17.7 Å².